The summed E-state index contributed by atoms with van der Waals surface area (Å²) in [4.78, 5) is 32.0. The molecule has 0 bridgehead atoms. The van der Waals surface area contributed by atoms with E-state index in [2.05, 4.69) is 43.4 Å². The molecule has 0 aliphatic rings. The van der Waals surface area contributed by atoms with E-state index in [0.29, 0.717) is 22.7 Å². The Morgan fingerprint density at radius 3 is 2.58 bits per heavy atom. The Labute approximate surface area is 275 Å². The monoisotopic (exact) mass is 678 g/mol. The number of nitrogens with one attached hydrogen (secondary N) is 2. The van der Waals surface area contributed by atoms with Crippen molar-refractivity contribution in [2.45, 2.75) is 29.6 Å². The minimum Gasteiger partial charge on any atom is -0.497 e. The Balaban J connectivity index is 1.41. The molecule has 45 heavy (non-hydrogen) atoms. The van der Waals surface area contributed by atoms with E-state index in [1.165, 1.54) is 18.0 Å². The normalized spacial score (nSPS) is 10.6. The number of primary amides is 1. The highest BCUT2D eigenvalue weighted by Gasteiger charge is 2.17. The van der Waals surface area contributed by atoms with Crippen LogP contribution in [0.15, 0.2) is 101 Å². The highest BCUT2D eigenvalue weighted by atomic mass is 79.9. The maximum absolute atomic E-state index is 13.2. The number of alkyl halides is 1. The van der Waals surface area contributed by atoms with E-state index in [1.54, 1.807) is 13.2 Å². The van der Waals surface area contributed by atoms with Crippen LogP contribution in [-0.2, 0) is 0 Å². The van der Waals surface area contributed by atoms with Crippen molar-refractivity contribution >= 4 is 67.5 Å². The topological polar surface area (TPSA) is 106 Å². The van der Waals surface area contributed by atoms with Crippen LogP contribution in [0, 0.1) is 18.8 Å². The van der Waals surface area contributed by atoms with Crippen molar-refractivity contribution in [3.63, 3.8) is 0 Å². The molecule has 0 aliphatic carbocycles. The van der Waals surface area contributed by atoms with Crippen molar-refractivity contribution in [2.24, 2.45) is 5.73 Å². The zero-order valence-electron chi connectivity index (χ0n) is 24.8. The van der Waals surface area contributed by atoms with Gasteiger partial charge < -0.3 is 21.1 Å². The third-order valence-electron chi connectivity index (χ3n) is 6.86. The van der Waals surface area contributed by atoms with E-state index in [1.807, 2.05) is 85.8 Å². The van der Waals surface area contributed by atoms with Crippen molar-refractivity contribution in [1.82, 2.24) is 4.98 Å². The number of hydrogen-bond acceptors (Lipinski definition) is 6. The predicted molar refractivity (Wildman–Crippen MR) is 186 cm³/mol. The van der Waals surface area contributed by atoms with Crippen molar-refractivity contribution in [1.29, 1.82) is 0 Å². The molecule has 0 fully saturated rings. The van der Waals surface area contributed by atoms with Crippen LogP contribution in [0.5, 0.6) is 5.75 Å². The number of aryl methyl sites for hydroxylation is 1. The number of pyridine rings is 1. The first-order chi connectivity index (χ1) is 21.8. The molecule has 9 heteroatoms. The van der Waals surface area contributed by atoms with E-state index in [9.17, 15) is 9.59 Å². The van der Waals surface area contributed by atoms with Gasteiger partial charge >= 0.3 is 0 Å². The Morgan fingerprint density at radius 2 is 1.78 bits per heavy atom. The Hall–Kier alpha value is -4.78. The summed E-state index contributed by atoms with van der Waals surface area (Å²) in [5, 5.41) is 8.02. The molecule has 5 rings (SSSR count). The molecular weight excluding hydrogens is 648 g/mol. The van der Waals surface area contributed by atoms with Crippen molar-refractivity contribution < 1.29 is 14.3 Å². The van der Waals surface area contributed by atoms with Crippen LogP contribution in [0.4, 0.5) is 17.1 Å². The van der Waals surface area contributed by atoms with Crippen LogP contribution < -0.4 is 21.1 Å². The van der Waals surface area contributed by atoms with E-state index in [4.69, 9.17) is 10.5 Å². The van der Waals surface area contributed by atoms with E-state index >= 15 is 0 Å². The van der Waals surface area contributed by atoms with Crippen LogP contribution in [0.25, 0.3) is 10.9 Å². The van der Waals surface area contributed by atoms with Gasteiger partial charge in [0, 0.05) is 61.7 Å². The number of nitrogens with zero attached hydrogens (tertiary/aromatic N) is 1. The first-order valence-corrected chi connectivity index (χ1v) is 16.2. The van der Waals surface area contributed by atoms with Crippen molar-refractivity contribution in [3.05, 3.63) is 113 Å². The SMILES string of the molecule is COc1cccc(Nc2c(C(N)=O)cnc3c(C)cc(Sc4cccc(C(=O)Nc5cccc(C#CCCCBr)c5)c4)cc23)c1. The second-order valence-electron chi connectivity index (χ2n) is 10.2. The average molecular weight is 680 g/mol. The Morgan fingerprint density at radius 1 is 0.978 bits per heavy atom. The lowest BCUT2D eigenvalue weighted by Gasteiger charge is -2.16. The summed E-state index contributed by atoms with van der Waals surface area (Å²) in [6.07, 6.45) is 3.30. The van der Waals surface area contributed by atoms with Gasteiger partial charge in [0.2, 0.25) is 0 Å². The molecule has 5 aromatic rings. The van der Waals surface area contributed by atoms with Crippen LogP contribution in [0.1, 0.15) is 44.7 Å². The fourth-order valence-electron chi connectivity index (χ4n) is 4.71. The number of carbonyl (C=O) groups is 2. The van der Waals surface area contributed by atoms with E-state index in [-0.39, 0.29) is 11.5 Å². The number of ether oxygens (including phenoxy) is 1. The quantitative estimate of drug-likeness (QED) is 0.0779. The highest BCUT2D eigenvalue weighted by Crippen LogP contribution is 2.37. The number of benzene rings is 4. The third kappa shape index (κ3) is 8.04. The van der Waals surface area contributed by atoms with Gasteiger partial charge in [0.05, 0.1) is 23.9 Å². The summed E-state index contributed by atoms with van der Waals surface area (Å²) in [6.45, 7) is 1.97. The fourth-order valence-corrected chi connectivity index (χ4v) is 6.00. The fraction of sp³-hybridized carbons (Fsp3) is 0.139. The summed E-state index contributed by atoms with van der Waals surface area (Å²) in [5.41, 5.74) is 11.1. The predicted octanol–water partition coefficient (Wildman–Crippen LogP) is 8.32. The van der Waals surface area contributed by atoms with Gasteiger partial charge in [-0.2, -0.15) is 0 Å². The lowest BCUT2D eigenvalue weighted by atomic mass is 10.1. The molecule has 0 saturated carbocycles. The lowest BCUT2D eigenvalue weighted by molar-refractivity contribution is 0.0998. The van der Waals surface area contributed by atoms with Gasteiger partial charge in [-0.25, -0.2) is 0 Å². The van der Waals surface area contributed by atoms with Crippen LogP contribution in [0.3, 0.4) is 0 Å². The number of unbranched alkanes of at least 4 members (excludes halogenated alkanes) is 1. The maximum atomic E-state index is 13.2. The lowest BCUT2D eigenvalue weighted by Crippen LogP contribution is -2.14. The molecule has 7 nitrogen and oxygen atoms in total. The third-order valence-corrected chi connectivity index (χ3v) is 8.38. The molecule has 1 aromatic heterocycles. The molecule has 0 spiro atoms. The summed E-state index contributed by atoms with van der Waals surface area (Å²) in [7, 11) is 1.60. The van der Waals surface area contributed by atoms with Gasteiger partial charge in [-0.1, -0.05) is 57.7 Å². The minimum atomic E-state index is -0.587. The van der Waals surface area contributed by atoms with Gasteiger partial charge in [0.1, 0.15) is 5.75 Å². The van der Waals surface area contributed by atoms with Gasteiger partial charge in [-0.3, -0.25) is 14.6 Å². The smallest absolute Gasteiger partial charge is 0.255 e. The molecule has 0 atom stereocenters. The van der Waals surface area contributed by atoms with Gasteiger partial charge in [-0.15, -0.1) is 0 Å². The summed E-state index contributed by atoms with van der Waals surface area (Å²) in [5.74, 6) is 6.19. The van der Waals surface area contributed by atoms with Gasteiger partial charge in [0.15, 0.2) is 0 Å². The van der Waals surface area contributed by atoms with Crippen molar-refractivity contribution in [3.8, 4) is 17.6 Å². The van der Waals surface area contributed by atoms with Crippen LogP contribution >= 0.6 is 27.7 Å². The number of amides is 2. The first kappa shape index (κ1) is 31.6. The van der Waals surface area contributed by atoms with E-state index < -0.39 is 5.91 Å². The first-order valence-electron chi connectivity index (χ1n) is 14.2. The number of aromatic nitrogens is 1. The number of nitrogens with two attached hydrogens (primary N) is 1. The second-order valence-corrected chi connectivity index (χ2v) is 12.1. The molecule has 0 unspecified atom stereocenters. The molecule has 0 radical (unpaired) electrons. The van der Waals surface area contributed by atoms with Gasteiger partial charge in [-0.05, 0) is 79.6 Å². The van der Waals surface area contributed by atoms with Crippen LogP contribution in [0.2, 0.25) is 0 Å². The Kier molecular flexibility index (Phi) is 10.4. The summed E-state index contributed by atoms with van der Waals surface area (Å²) < 4.78 is 5.37. The molecule has 1 heterocycles. The molecule has 4 aromatic carbocycles. The summed E-state index contributed by atoms with van der Waals surface area (Å²) >= 11 is 4.93. The minimum absolute atomic E-state index is 0.211. The largest absolute Gasteiger partial charge is 0.497 e. The number of halogens is 1. The standard InChI is InChI=1S/C36H31BrN4O3S/c1-23-17-30(21-31-33(23)39-22-32(35(38)42)34(31)40-27-13-8-14-28(20-27)44-2)45-29-15-7-11-25(19-29)36(43)41-26-12-6-10-24(18-26)9-4-3-5-16-37/h6-8,10-15,17-22H,3,5,16H2,1-2H3,(H2,38,42)(H,39,40)(H,41,43). The number of hydrogen-bond donors (Lipinski definition) is 3. The highest BCUT2D eigenvalue weighted by molar-refractivity contribution is 9.09. The molecule has 2 amide bonds. The number of rotatable bonds is 10. The number of methoxy groups -OCH3 is 1. The molecule has 0 aliphatic heterocycles. The average Bonchev–Trinajstić information content (AvgIpc) is 3.04. The van der Waals surface area contributed by atoms with Crippen molar-refractivity contribution in [2.75, 3.05) is 23.1 Å². The number of fused-ring (bicyclic) bond motifs is 1. The van der Waals surface area contributed by atoms with Gasteiger partial charge in [0.25, 0.3) is 11.8 Å². The zero-order chi connectivity index (χ0) is 31.8. The number of anilines is 3. The number of carbonyl (C=O) groups excluding carboxylic acids is 2. The molecule has 226 valence electrons. The Bertz CT molecular complexity index is 1950. The molecule has 0 saturated heterocycles. The van der Waals surface area contributed by atoms with E-state index in [0.717, 1.165) is 55.7 Å². The molecular formula is C36H31BrN4O3S. The second kappa shape index (κ2) is 14.8. The summed E-state index contributed by atoms with van der Waals surface area (Å²) in [6, 6.07) is 26.5. The zero-order valence-corrected chi connectivity index (χ0v) is 27.2. The van der Waals surface area contributed by atoms with Crippen LogP contribution in [-0.4, -0.2) is 29.2 Å². The molecule has 4 N–H and O–H groups in total. The maximum Gasteiger partial charge on any atom is 0.255 e.